The van der Waals surface area contributed by atoms with Gasteiger partial charge >= 0.3 is 12.1 Å². The van der Waals surface area contributed by atoms with Crippen LogP contribution >= 0.6 is 11.3 Å². The minimum Gasteiger partial charge on any atom is -0.464 e. The van der Waals surface area contributed by atoms with Gasteiger partial charge in [-0.1, -0.05) is 0 Å². The van der Waals surface area contributed by atoms with Crippen LogP contribution in [0.4, 0.5) is 4.79 Å². The lowest BCUT2D eigenvalue weighted by atomic mass is 10.2. The van der Waals surface area contributed by atoms with Gasteiger partial charge in [-0.2, -0.15) is 0 Å². The molecule has 1 atom stereocenters. The number of esters is 1. The molecule has 0 bridgehead atoms. The van der Waals surface area contributed by atoms with Crippen molar-refractivity contribution < 1.29 is 19.1 Å². The van der Waals surface area contributed by atoms with E-state index in [2.05, 4.69) is 9.72 Å². The average Bonchev–Trinajstić information content (AvgIpc) is 3.03. The van der Waals surface area contributed by atoms with E-state index in [0.29, 0.717) is 6.54 Å². The third-order valence-electron chi connectivity index (χ3n) is 3.08. The zero-order valence-electron chi connectivity index (χ0n) is 12.7. The van der Waals surface area contributed by atoms with Crippen molar-refractivity contribution >= 4 is 23.4 Å². The summed E-state index contributed by atoms with van der Waals surface area (Å²) in [7, 11) is 1.32. The number of methoxy groups -OCH3 is 1. The maximum atomic E-state index is 12.2. The maximum absolute atomic E-state index is 12.2. The summed E-state index contributed by atoms with van der Waals surface area (Å²) in [6.07, 6.45) is 1.39. The highest BCUT2D eigenvalue weighted by atomic mass is 32.1. The van der Waals surface area contributed by atoms with Gasteiger partial charge in [0.25, 0.3) is 0 Å². The fourth-order valence-corrected chi connectivity index (χ4v) is 3.14. The number of nitrogens with zero attached hydrogens (tertiary/aromatic N) is 2. The average molecular weight is 312 g/mol. The second kappa shape index (κ2) is 6.01. The Hall–Kier alpha value is -1.63. The van der Waals surface area contributed by atoms with E-state index in [9.17, 15) is 9.59 Å². The molecule has 0 N–H and O–H groups in total. The van der Waals surface area contributed by atoms with Gasteiger partial charge in [0, 0.05) is 11.9 Å². The van der Waals surface area contributed by atoms with Crippen molar-refractivity contribution in [1.82, 2.24) is 9.88 Å². The molecule has 1 fully saturated rings. The fraction of sp³-hybridized carbons (Fsp3) is 0.643. The van der Waals surface area contributed by atoms with Gasteiger partial charge < -0.3 is 9.47 Å². The van der Waals surface area contributed by atoms with Crippen LogP contribution in [0, 0.1) is 0 Å². The van der Waals surface area contributed by atoms with Crippen LogP contribution in [-0.4, -0.2) is 41.2 Å². The largest absolute Gasteiger partial charge is 0.464 e. The summed E-state index contributed by atoms with van der Waals surface area (Å²) in [5.41, 5.74) is -0.238. The highest BCUT2D eigenvalue weighted by Crippen LogP contribution is 2.34. The van der Waals surface area contributed by atoms with Gasteiger partial charge in [0.15, 0.2) is 5.69 Å². The van der Waals surface area contributed by atoms with Crippen LogP contribution in [0.5, 0.6) is 0 Å². The summed E-state index contributed by atoms with van der Waals surface area (Å²) < 4.78 is 10.1. The van der Waals surface area contributed by atoms with Crippen molar-refractivity contribution in [2.45, 2.75) is 45.3 Å². The Labute approximate surface area is 128 Å². The number of aromatic nitrogens is 1. The first kappa shape index (κ1) is 15.8. The molecule has 0 spiro atoms. The van der Waals surface area contributed by atoms with Gasteiger partial charge in [0.1, 0.15) is 10.6 Å². The van der Waals surface area contributed by atoms with E-state index in [1.165, 1.54) is 18.4 Å². The summed E-state index contributed by atoms with van der Waals surface area (Å²) in [4.78, 5) is 29.7. The number of hydrogen-bond donors (Lipinski definition) is 0. The third kappa shape index (κ3) is 3.72. The SMILES string of the molecule is COC(=O)c1csc([C@@H]2CCCN2C(=O)OC(C)(C)C)n1. The number of thiazole rings is 1. The molecule has 0 unspecified atom stereocenters. The summed E-state index contributed by atoms with van der Waals surface area (Å²) in [5, 5.41) is 2.41. The van der Waals surface area contributed by atoms with Crippen molar-refractivity contribution in [3.05, 3.63) is 16.1 Å². The van der Waals surface area contributed by atoms with Crippen LogP contribution in [-0.2, 0) is 9.47 Å². The molecule has 1 aliphatic rings. The van der Waals surface area contributed by atoms with Crippen molar-refractivity contribution in [2.75, 3.05) is 13.7 Å². The molecule has 1 aliphatic heterocycles. The molecule has 6 nitrogen and oxygen atoms in total. The first-order chi connectivity index (χ1) is 9.81. The summed E-state index contributed by atoms with van der Waals surface area (Å²) in [6.45, 7) is 6.17. The molecule has 1 aromatic rings. The smallest absolute Gasteiger partial charge is 0.410 e. The molecule has 0 saturated carbocycles. The Morgan fingerprint density at radius 2 is 2.14 bits per heavy atom. The highest BCUT2D eigenvalue weighted by Gasteiger charge is 2.35. The van der Waals surface area contributed by atoms with Gasteiger partial charge in [-0.25, -0.2) is 14.6 Å². The van der Waals surface area contributed by atoms with E-state index < -0.39 is 11.6 Å². The molecule has 1 saturated heterocycles. The van der Waals surface area contributed by atoms with Crippen molar-refractivity contribution in [3.63, 3.8) is 0 Å². The van der Waals surface area contributed by atoms with Crippen LogP contribution in [0.1, 0.15) is 55.2 Å². The van der Waals surface area contributed by atoms with Crippen molar-refractivity contribution in [2.24, 2.45) is 0 Å². The fourth-order valence-electron chi connectivity index (χ4n) is 2.20. The lowest BCUT2D eigenvalue weighted by Gasteiger charge is -2.27. The van der Waals surface area contributed by atoms with E-state index in [0.717, 1.165) is 17.8 Å². The highest BCUT2D eigenvalue weighted by molar-refractivity contribution is 7.09. The van der Waals surface area contributed by atoms with E-state index in [1.807, 2.05) is 20.8 Å². The van der Waals surface area contributed by atoms with Crippen molar-refractivity contribution in [1.29, 1.82) is 0 Å². The monoisotopic (exact) mass is 312 g/mol. The predicted octanol–water partition coefficient (Wildman–Crippen LogP) is 3.00. The topological polar surface area (TPSA) is 68.7 Å². The molecule has 2 heterocycles. The molecule has 0 aliphatic carbocycles. The molecular formula is C14H20N2O4S. The molecular weight excluding hydrogens is 292 g/mol. The number of likely N-dealkylation sites (tertiary alicyclic amines) is 1. The second-order valence-corrected chi connectivity index (χ2v) is 6.78. The van der Waals surface area contributed by atoms with Gasteiger partial charge in [0.05, 0.1) is 13.2 Å². The molecule has 21 heavy (non-hydrogen) atoms. The molecule has 1 aromatic heterocycles. The summed E-state index contributed by atoms with van der Waals surface area (Å²) >= 11 is 1.37. The van der Waals surface area contributed by atoms with E-state index in [1.54, 1.807) is 10.3 Å². The number of amides is 1. The van der Waals surface area contributed by atoms with Gasteiger partial charge in [-0.15, -0.1) is 11.3 Å². The minimum absolute atomic E-state index is 0.122. The lowest BCUT2D eigenvalue weighted by molar-refractivity contribution is 0.0224. The van der Waals surface area contributed by atoms with Gasteiger partial charge in [0.2, 0.25) is 0 Å². The number of rotatable bonds is 2. The third-order valence-corrected chi connectivity index (χ3v) is 4.03. The Bertz CT molecular complexity index is 535. The molecule has 0 radical (unpaired) electrons. The van der Waals surface area contributed by atoms with Crippen LogP contribution in [0.25, 0.3) is 0 Å². The normalized spacial score (nSPS) is 18.7. The number of ether oxygens (including phenoxy) is 2. The zero-order chi connectivity index (χ0) is 15.6. The second-order valence-electron chi connectivity index (χ2n) is 5.89. The van der Waals surface area contributed by atoms with Crippen LogP contribution in [0.3, 0.4) is 0 Å². The molecule has 7 heteroatoms. The lowest BCUT2D eigenvalue weighted by Crippen LogP contribution is -2.36. The first-order valence-electron chi connectivity index (χ1n) is 6.85. The van der Waals surface area contributed by atoms with Crippen LogP contribution in [0.2, 0.25) is 0 Å². The minimum atomic E-state index is -0.524. The van der Waals surface area contributed by atoms with E-state index in [-0.39, 0.29) is 17.8 Å². The number of carbonyl (C=O) groups is 2. The Morgan fingerprint density at radius 1 is 1.43 bits per heavy atom. The molecule has 0 aromatic carbocycles. The molecule has 1 amide bonds. The molecule has 2 rings (SSSR count). The van der Waals surface area contributed by atoms with E-state index >= 15 is 0 Å². The van der Waals surface area contributed by atoms with Crippen LogP contribution < -0.4 is 0 Å². The summed E-state index contributed by atoms with van der Waals surface area (Å²) in [5.74, 6) is -0.459. The van der Waals surface area contributed by atoms with Crippen molar-refractivity contribution in [3.8, 4) is 0 Å². The Morgan fingerprint density at radius 3 is 2.76 bits per heavy atom. The van der Waals surface area contributed by atoms with Gasteiger partial charge in [-0.05, 0) is 33.6 Å². The number of carbonyl (C=O) groups excluding carboxylic acids is 2. The summed E-state index contributed by atoms with van der Waals surface area (Å²) in [6, 6.07) is -0.122. The van der Waals surface area contributed by atoms with Crippen LogP contribution in [0.15, 0.2) is 5.38 Å². The first-order valence-corrected chi connectivity index (χ1v) is 7.73. The Kier molecular flexibility index (Phi) is 4.51. The van der Waals surface area contributed by atoms with Gasteiger partial charge in [-0.3, -0.25) is 4.90 Å². The standard InChI is InChI=1S/C14H20N2O4S/c1-14(2,3)20-13(18)16-7-5-6-10(16)11-15-9(8-21-11)12(17)19-4/h8,10H,5-7H2,1-4H3/t10-/m0/s1. The van der Waals surface area contributed by atoms with E-state index in [4.69, 9.17) is 4.74 Å². The Balaban J connectivity index is 2.13. The quantitative estimate of drug-likeness (QED) is 0.785. The maximum Gasteiger partial charge on any atom is 0.410 e. The zero-order valence-corrected chi connectivity index (χ0v) is 13.5. The number of hydrogen-bond acceptors (Lipinski definition) is 6. The predicted molar refractivity (Wildman–Crippen MR) is 78.4 cm³/mol. The molecule has 116 valence electrons.